The Hall–Kier alpha value is -1.77. The second-order valence-electron chi connectivity index (χ2n) is 4.22. The normalized spacial score (nSPS) is 11.0. The van der Waals surface area contributed by atoms with E-state index >= 15 is 0 Å². The Balaban J connectivity index is 2.60. The number of benzene rings is 1. The molecule has 1 aromatic heterocycles. The van der Waals surface area contributed by atoms with E-state index in [0.717, 1.165) is 11.3 Å². The summed E-state index contributed by atoms with van der Waals surface area (Å²) in [4.78, 5) is 11.9. The molecule has 3 nitrogen and oxygen atoms in total. The second kappa shape index (κ2) is 4.00. The topological polar surface area (TPSA) is 26.9 Å². The molecule has 2 aromatic rings. The van der Waals surface area contributed by atoms with Crippen LogP contribution in [0.15, 0.2) is 41.3 Å². The van der Waals surface area contributed by atoms with Gasteiger partial charge in [0.05, 0.1) is 5.69 Å². The van der Waals surface area contributed by atoms with Crippen LogP contribution in [0.3, 0.4) is 0 Å². The van der Waals surface area contributed by atoms with Crippen molar-refractivity contribution in [3.8, 4) is 11.3 Å². The van der Waals surface area contributed by atoms with Crippen LogP contribution in [0.4, 0.5) is 0 Å². The SMILES string of the molecule is CC(C)n1cc(-c2ccccc2)n(C)c1=O. The van der Waals surface area contributed by atoms with E-state index in [2.05, 4.69) is 0 Å². The standard InChI is InChI=1S/C13H16N2O/c1-10(2)15-9-12(14(3)13(15)16)11-7-5-4-6-8-11/h4-10H,1-3H3. The highest BCUT2D eigenvalue weighted by Gasteiger charge is 2.11. The fraction of sp³-hybridized carbons (Fsp3) is 0.308. The van der Waals surface area contributed by atoms with Crippen LogP contribution >= 0.6 is 0 Å². The van der Waals surface area contributed by atoms with Gasteiger partial charge in [-0.2, -0.15) is 0 Å². The molecule has 0 spiro atoms. The van der Waals surface area contributed by atoms with Crippen molar-refractivity contribution < 1.29 is 0 Å². The summed E-state index contributed by atoms with van der Waals surface area (Å²) in [6.45, 7) is 4.02. The van der Waals surface area contributed by atoms with Gasteiger partial charge in [-0.1, -0.05) is 30.3 Å². The Bertz CT molecular complexity index is 535. The van der Waals surface area contributed by atoms with Gasteiger partial charge in [-0.25, -0.2) is 4.79 Å². The highest BCUT2D eigenvalue weighted by Crippen LogP contribution is 2.18. The largest absolute Gasteiger partial charge is 0.328 e. The molecule has 0 bridgehead atoms. The summed E-state index contributed by atoms with van der Waals surface area (Å²) >= 11 is 0. The molecule has 2 rings (SSSR count). The molecule has 0 fully saturated rings. The summed E-state index contributed by atoms with van der Waals surface area (Å²) in [5, 5.41) is 0. The van der Waals surface area contributed by atoms with Gasteiger partial charge in [0, 0.05) is 19.3 Å². The average Bonchev–Trinajstić information content (AvgIpc) is 2.58. The molecule has 16 heavy (non-hydrogen) atoms. The Morgan fingerprint density at radius 2 is 1.75 bits per heavy atom. The van der Waals surface area contributed by atoms with Crippen molar-refractivity contribution in [3.05, 3.63) is 47.0 Å². The van der Waals surface area contributed by atoms with E-state index in [1.807, 2.05) is 57.4 Å². The van der Waals surface area contributed by atoms with Crippen LogP contribution in [0.1, 0.15) is 19.9 Å². The summed E-state index contributed by atoms with van der Waals surface area (Å²) in [7, 11) is 1.81. The third-order valence-corrected chi connectivity index (χ3v) is 2.76. The summed E-state index contributed by atoms with van der Waals surface area (Å²) in [5.41, 5.74) is 2.06. The first kappa shape index (κ1) is 10.7. The summed E-state index contributed by atoms with van der Waals surface area (Å²) in [6.07, 6.45) is 1.92. The van der Waals surface area contributed by atoms with Gasteiger partial charge >= 0.3 is 5.69 Å². The maximum Gasteiger partial charge on any atom is 0.328 e. The minimum atomic E-state index is 0.0360. The van der Waals surface area contributed by atoms with Crippen molar-refractivity contribution in [2.24, 2.45) is 7.05 Å². The molecule has 0 saturated heterocycles. The highest BCUT2D eigenvalue weighted by atomic mass is 16.1. The molecule has 0 saturated carbocycles. The fourth-order valence-electron chi connectivity index (χ4n) is 1.80. The van der Waals surface area contributed by atoms with Gasteiger partial charge in [0.25, 0.3) is 0 Å². The quantitative estimate of drug-likeness (QED) is 0.757. The molecular weight excluding hydrogens is 200 g/mol. The number of imidazole rings is 1. The predicted octanol–water partition coefficient (Wildman–Crippen LogP) is 2.43. The van der Waals surface area contributed by atoms with Crippen LogP contribution in [0.5, 0.6) is 0 Å². The summed E-state index contributed by atoms with van der Waals surface area (Å²) < 4.78 is 3.44. The minimum absolute atomic E-state index is 0.0360. The molecule has 0 atom stereocenters. The number of aromatic nitrogens is 2. The van der Waals surface area contributed by atoms with Crippen LogP contribution < -0.4 is 5.69 Å². The molecule has 0 N–H and O–H groups in total. The lowest BCUT2D eigenvalue weighted by atomic mass is 10.2. The molecule has 1 heterocycles. The lowest BCUT2D eigenvalue weighted by molar-refractivity contribution is 0.568. The number of hydrogen-bond acceptors (Lipinski definition) is 1. The van der Waals surface area contributed by atoms with E-state index in [1.165, 1.54) is 0 Å². The Morgan fingerprint density at radius 1 is 1.12 bits per heavy atom. The van der Waals surface area contributed by atoms with Crippen molar-refractivity contribution >= 4 is 0 Å². The zero-order valence-electron chi connectivity index (χ0n) is 9.84. The van der Waals surface area contributed by atoms with Crippen molar-refractivity contribution in [3.63, 3.8) is 0 Å². The predicted molar refractivity (Wildman–Crippen MR) is 65.5 cm³/mol. The average molecular weight is 216 g/mol. The maximum absolute atomic E-state index is 11.9. The first-order valence-electron chi connectivity index (χ1n) is 5.44. The van der Waals surface area contributed by atoms with Crippen molar-refractivity contribution in [2.45, 2.75) is 19.9 Å². The zero-order chi connectivity index (χ0) is 11.7. The molecule has 0 aliphatic carbocycles. The van der Waals surface area contributed by atoms with Crippen LogP contribution in [0.2, 0.25) is 0 Å². The number of rotatable bonds is 2. The molecule has 0 radical (unpaired) electrons. The first-order valence-corrected chi connectivity index (χ1v) is 5.44. The van der Waals surface area contributed by atoms with Gasteiger partial charge in [0.1, 0.15) is 0 Å². The number of hydrogen-bond donors (Lipinski definition) is 0. The van der Waals surface area contributed by atoms with E-state index in [9.17, 15) is 4.79 Å². The molecule has 3 heteroatoms. The van der Waals surface area contributed by atoms with Crippen LogP contribution in [-0.2, 0) is 7.05 Å². The van der Waals surface area contributed by atoms with Gasteiger partial charge in [0.15, 0.2) is 0 Å². The van der Waals surface area contributed by atoms with E-state index < -0.39 is 0 Å². The lowest BCUT2D eigenvalue weighted by Gasteiger charge is -2.02. The Kier molecular flexibility index (Phi) is 2.69. The summed E-state index contributed by atoms with van der Waals surface area (Å²) in [6, 6.07) is 10.1. The molecule has 0 aliphatic rings. The van der Waals surface area contributed by atoms with Crippen molar-refractivity contribution in [1.82, 2.24) is 9.13 Å². The maximum atomic E-state index is 11.9. The van der Waals surface area contributed by atoms with Crippen molar-refractivity contribution in [2.75, 3.05) is 0 Å². The van der Waals surface area contributed by atoms with Crippen LogP contribution in [-0.4, -0.2) is 9.13 Å². The zero-order valence-corrected chi connectivity index (χ0v) is 9.84. The van der Waals surface area contributed by atoms with Gasteiger partial charge in [-0.3, -0.25) is 9.13 Å². The molecular formula is C13H16N2O. The van der Waals surface area contributed by atoms with Gasteiger partial charge in [0.2, 0.25) is 0 Å². The van der Waals surface area contributed by atoms with Gasteiger partial charge < -0.3 is 0 Å². The smallest absolute Gasteiger partial charge is 0.296 e. The molecule has 0 amide bonds. The monoisotopic (exact) mass is 216 g/mol. The molecule has 84 valence electrons. The van der Waals surface area contributed by atoms with E-state index in [0.29, 0.717) is 0 Å². The van der Waals surface area contributed by atoms with E-state index in [4.69, 9.17) is 0 Å². The molecule has 0 aliphatic heterocycles. The van der Waals surface area contributed by atoms with Gasteiger partial charge in [-0.05, 0) is 19.4 Å². The lowest BCUT2D eigenvalue weighted by Crippen LogP contribution is -2.23. The van der Waals surface area contributed by atoms with E-state index in [1.54, 1.807) is 9.13 Å². The third-order valence-electron chi connectivity index (χ3n) is 2.76. The van der Waals surface area contributed by atoms with Crippen LogP contribution in [0, 0.1) is 0 Å². The molecule has 1 aromatic carbocycles. The van der Waals surface area contributed by atoms with Crippen LogP contribution in [0.25, 0.3) is 11.3 Å². The van der Waals surface area contributed by atoms with Crippen molar-refractivity contribution in [1.29, 1.82) is 0 Å². The highest BCUT2D eigenvalue weighted by molar-refractivity contribution is 5.58. The molecule has 0 unspecified atom stereocenters. The third kappa shape index (κ3) is 1.69. The Labute approximate surface area is 95.0 Å². The van der Waals surface area contributed by atoms with E-state index in [-0.39, 0.29) is 11.7 Å². The first-order chi connectivity index (χ1) is 7.61. The second-order valence-corrected chi connectivity index (χ2v) is 4.22. The van der Waals surface area contributed by atoms with Gasteiger partial charge in [-0.15, -0.1) is 0 Å². The minimum Gasteiger partial charge on any atom is -0.296 e. The Morgan fingerprint density at radius 3 is 2.25 bits per heavy atom. The fourth-order valence-corrected chi connectivity index (χ4v) is 1.80. The summed E-state index contributed by atoms with van der Waals surface area (Å²) in [5.74, 6) is 0. The number of nitrogens with zero attached hydrogens (tertiary/aromatic N) is 2.